The summed E-state index contributed by atoms with van der Waals surface area (Å²) < 4.78 is 1.82. The Kier molecular flexibility index (Phi) is 4.33. The lowest BCUT2D eigenvalue weighted by Gasteiger charge is -1.99. The number of fused-ring (bicyclic) bond motifs is 2. The number of aromatic nitrogens is 4. The maximum absolute atomic E-state index is 12.0. The van der Waals surface area contributed by atoms with Gasteiger partial charge in [0.25, 0.3) is 0 Å². The molecule has 0 fully saturated rings. The molecule has 7 heteroatoms. The molecule has 0 aliphatic carbocycles. The summed E-state index contributed by atoms with van der Waals surface area (Å²) in [7, 11) is 0. The zero-order valence-electron chi connectivity index (χ0n) is 13.6. The second-order valence-corrected chi connectivity index (χ2v) is 6.12. The Hall–Kier alpha value is -3.25. The lowest BCUT2D eigenvalue weighted by molar-refractivity contribution is -0.116. The Morgan fingerprint density at radius 3 is 2.85 bits per heavy atom. The van der Waals surface area contributed by atoms with Gasteiger partial charge in [0.15, 0.2) is 0 Å². The van der Waals surface area contributed by atoms with E-state index in [9.17, 15) is 4.79 Å². The fraction of sp³-hybridized carbons (Fsp3) is 0.0526. The standard InChI is InChI=1S/C19H14ClN5O/c20-13-5-7-18-24-15(12-25(18)11-13)10-22-19(26)8-6-14-9-21-16-3-1-2-4-17(16)23-14/h1-9,11-12H,10H2,(H,22,26)/b8-6+. The normalized spacial score (nSPS) is 11.4. The van der Waals surface area contributed by atoms with Crippen molar-refractivity contribution in [2.45, 2.75) is 6.54 Å². The maximum Gasteiger partial charge on any atom is 0.244 e. The largest absolute Gasteiger partial charge is 0.347 e. The molecule has 3 heterocycles. The van der Waals surface area contributed by atoms with Gasteiger partial charge < -0.3 is 9.72 Å². The number of para-hydroxylation sites is 2. The van der Waals surface area contributed by atoms with Crippen LogP contribution < -0.4 is 5.32 Å². The Morgan fingerprint density at radius 1 is 1.12 bits per heavy atom. The quantitative estimate of drug-likeness (QED) is 0.565. The third kappa shape index (κ3) is 3.55. The molecule has 0 aliphatic heterocycles. The van der Waals surface area contributed by atoms with Crippen LogP contribution in [0.25, 0.3) is 22.8 Å². The van der Waals surface area contributed by atoms with Crippen molar-refractivity contribution in [1.82, 2.24) is 24.7 Å². The van der Waals surface area contributed by atoms with E-state index < -0.39 is 0 Å². The number of amides is 1. The number of rotatable bonds is 4. The van der Waals surface area contributed by atoms with E-state index in [0.29, 0.717) is 17.3 Å². The minimum absolute atomic E-state index is 0.227. The number of nitrogens with one attached hydrogen (secondary N) is 1. The Labute approximate surface area is 154 Å². The van der Waals surface area contributed by atoms with Gasteiger partial charge in [0.2, 0.25) is 5.91 Å². The molecule has 6 nitrogen and oxygen atoms in total. The minimum atomic E-state index is -0.227. The topological polar surface area (TPSA) is 72.2 Å². The highest BCUT2D eigenvalue weighted by molar-refractivity contribution is 6.30. The van der Waals surface area contributed by atoms with Gasteiger partial charge in [-0.05, 0) is 30.3 Å². The number of nitrogens with zero attached hydrogens (tertiary/aromatic N) is 4. The lowest BCUT2D eigenvalue weighted by atomic mass is 10.3. The molecule has 1 N–H and O–H groups in total. The molecule has 4 aromatic rings. The van der Waals surface area contributed by atoms with Crippen LogP contribution in [0.1, 0.15) is 11.4 Å². The first-order chi connectivity index (χ1) is 12.7. The van der Waals surface area contributed by atoms with Crippen molar-refractivity contribution in [3.05, 3.63) is 77.5 Å². The van der Waals surface area contributed by atoms with E-state index in [1.54, 1.807) is 24.5 Å². The van der Waals surface area contributed by atoms with Gasteiger partial charge in [0, 0.05) is 18.5 Å². The molecule has 0 saturated heterocycles. The average Bonchev–Trinajstić information content (AvgIpc) is 3.06. The van der Waals surface area contributed by atoms with Crippen molar-refractivity contribution >= 4 is 40.3 Å². The molecule has 1 amide bonds. The first-order valence-electron chi connectivity index (χ1n) is 7.98. The van der Waals surface area contributed by atoms with E-state index in [0.717, 1.165) is 22.4 Å². The first kappa shape index (κ1) is 16.2. The van der Waals surface area contributed by atoms with Crippen LogP contribution in [0.3, 0.4) is 0 Å². The van der Waals surface area contributed by atoms with E-state index in [1.165, 1.54) is 6.08 Å². The summed E-state index contributed by atoms with van der Waals surface area (Å²) in [5.41, 5.74) is 3.76. The molecule has 0 saturated carbocycles. The smallest absolute Gasteiger partial charge is 0.244 e. The average molecular weight is 364 g/mol. The van der Waals surface area contributed by atoms with E-state index in [4.69, 9.17) is 11.6 Å². The second kappa shape index (κ2) is 6.93. The molecule has 0 spiro atoms. The van der Waals surface area contributed by atoms with Crippen LogP contribution in [0.2, 0.25) is 5.02 Å². The number of carbonyl (C=O) groups excluding carboxylic acids is 1. The molecule has 4 rings (SSSR count). The van der Waals surface area contributed by atoms with Crippen LogP contribution in [0.5, 0.6) is 0 Å². The summed E-state index contributed by atoms with van der Waals surface area (Å²) in [5, 5.41) is 3.43. The van der Waals surface area contributed by atoms with Crippen LogP contribution in [0.4, 0.5) is 0 Å². The highest BCUT2D eigenvalue weighted by Crippen LogP contribution is 2.12. The van der Waals surface area contributed by atoms with Gasteiger partial charge in [-0.2, -0.15) is 0 Å². The number of imidazole rings is 1. The Bertz CT molecular complexity index is 1140. The summed E-state index contributed by atoms with van der Waals surface area (Å²) in [6, 6.07) is 11.2. The third-order valence-corrected chi connectivity index (χ3v) is 4.00. The summed E-state index contributed by atoms with van der Waals surface area (Å²) in [4.78, 5) is 25.2. The summed E-state index contributed by atoms with van der Waals surface area (Å²) in [6.45, 7) is 0.325. The number of hydrogen-bond acceptors (Lipinski definition) is 4. The summed E-state index contributed by atoms with van der Waals surface area (Å²) >= 11 is 5.95. The maximum atomic E-state index is 12.0. The SMILES string of the molecule is O=C(/C=C/c1cnc2ccccc2n1)NCc1cn2cc(Cl)ccc2n1. The molecule has 128 valence electrons. The van der Waals surface area contributed by atoms with Crippen molar-refractivity contribution < 1.29 is 4.79 Å². The molecular formula is C19H14ClN5O. The third-order valence-electron chi connectivity index (χ3n) is 3.78. The molecule has 3 aromatic heterocycles. The highest BCUT2D eigenvalue weighted by atomic mass is 35.5. The van der Waals surface area contributed by atoms with Crippen molar-refractivity contribution in [3.63, 3.8) is 0 Å². The van der Waals surface area contributed by atoms with Crippen LogP contribution in [0, 0.1) is 0 Å². The monoisotopic (exact) mass is 363 g/mol. The van der Waals surface area contributed by atoms with Gasteiger partial charge >= 0.3 is 0 Å². The molecule has 0 aliphatic rings. The first-order valence-corrected chi connectivity index (χ1v) is 8.36. The van der Waals surface area contributed by atoms with Crippen molar-refractivity contribution in [1.29, 1.82) is 0 Å². The van der Waals surface area contributed by atoms with Gasteiger partial charge in [-0.3, -0.25) is 9.78 Å². The van der Waals surface area contributed by atoms with E-state index >= 15 is 0 Å². The van der Waals surface area contributed by atoms with Gasteiger partial charge in [0.05, 0.1) is 40.2 Å². The molecule has 26 heavy (non-hydrogen) atoms. The Morgan fingerprint density at radius 2 is 1.96 bits per heavy atom. The van der Waals surface area contributed by atoms with Crippen molar-refractivity contribution in [2.24, 2.45) is 0 Å². The van der Waals surface area contributed by atoms with Crippen LogP contribution in [-0.2, 0) is 11.3 Å². The van der Waals surface area contributed by atoms with Gasteiger partial charge in [0.1, 0.15) is 5.65 Å². The van der Waals surface area contributed by atoms with Crippen molar-refractivity contribution in [3.8, 4) is 0 Å². The van der Waals surface area contributed by atoms with Gasteiger partial charge in [-0.1, -0.05) is 23.7 Å². The minimum Gasteiger partial charge on any atom is -0.347 e. The molecule has 0 bridgehead atoms. The van der Waals surface area contributed by atoms with Crippen LogP contribution in [0.15, 0.2) is 61.1 Å². The molecule has 0 radical (unpaired) electrons. The van der Waals surface area contributed by atoms with Crippen LogP contribution >= 0.6 is 11.6 Å². The van der Waals surface area contributed by atoms with Crippen LogP contribution in [-0.4, -0.2) is 25.3 Å². The number of hydrogen-bond donors (Lipinski definition) is 1. The summed E-state index contributed by atoms with van der Waals surface area (Å²) in [6.07, 6.45) is 8.31. The number of benzene rings is 1. The predicted molar refractivity (Wildman–Crippen MR) is 101 cm³/mol. The number of carbonyl (C=O) groups is 1. The Balaban J connectivity index is 1.41. The predicted octanol–water partition coefficient (Wildman–Crippen LogP) is 3.26. The highest BCUT2D eigenvalue weighted by Gasteiger charge is 2.04. The fourth-order valence-electron chi connectivity index (χ4n) is 2.55. The fourth-order valence-corrected chi connectivity index (χ4v) is 2.72. The number of halogens is 1. The van der Waals surface area contributed by atoms with E-state index in [2.05, 4.69) is 20.3 Å². The molecule has 1 aromatic carbocycles. The molecular weight excluding hydrogens is 350 g/mol. The zero-order valence-corrected chi connectivity index (χ0v) is 14.4. The zero-order chi connectivity index (χ0) is 17.9. The lowest BCUT2D eigenvalue weighted by Crippen LogP contribution is -2.20. The molecule has 0 unspecified atom stereocenters. The van der Waals surface area contributed by atoms with Gasteiger partial charge in [-0.15, -0.1) is 0 Å². The van der Waals surface area contributed by atoms with E-state index in [1.807, 2.05) is 40.9 Å². The summed E-state index contributed by atoms with van der Waals surface area (Å²) in [5.74, 6) is -0.227. The van der Waals surface area contributed by atoms with Gasteiger partial charge in [-0.25, -0.2) is 9.97 Å². The van der Waals surface area contributed by atoms with E-state index in [-0.39, 0.29) is 5.91 Å². The van der Waals surface area contributed by atoms with Crippen molar-refractivity contribution in [2.75, 3.05) is 0 Å². The number of pyridine rings is 1. The molecule has 0 atom stereocenters. The second-order valence-electron chi connectivity index (χ2n) is 5.68.